The lowest BCUT2D eigenvalue weighted by molar-refractivity contribution is 0.0592. The second-order valence-electron chi connectivity index (χ2n) is 10.9. The van der Waals surface area contributed by atoms with Gasteiger partial charge in [0.25, 0.3) is 11.8 Å². The van der Waals surface area contributed by atoms with Gasteiger partial charge in [0.2, 0.25) is 0 Å². The molecule has 0 radical (unpaired) electrons. The lowest BCUT2D eigenvalue weighted by Crippen LogP contribution is -2.29. The van der Waals surface area contributed by atoms with Gasteiger partial charge in [-0.1, -0.05) is 0 Å². The quantitative estimate of drug-likeness (QED) is 0.208. The molecule has 13 heteroatoms. The summed E-state index contributed by atoms with van der Waals surface area (Å²) < 4.78 is 15.9. The summed E-state index contributed by atoms with van der Waals surface area (Å²) in [4.78, 5) is 59.7. The van der Waals surface area contributed by atoms with Crippen LogP contribution >= 0.6 is 11.3 Å². The maximum absolute atomic E-state index is 13.5. The molecule has 0 saturated heterocycles. The number of methoxy groups -OCH3 is 1. The molecule has 0 aliphatic carbocycles. The number of aromatic amines is 1. The number of oxazole rings is 1. The van der Waals surface area contributed by atoms with Crippen LogP contribution in [0.1, 0.15) is 57.2 Å². The number of esters is 1. The maximum atomic E-state index is 13.5. The van der Waals surface area contributed by atoms with Gasteiger partial charge in [-0.15, -0.1) is 11.3 Å². The normalized spacial score (nSPS) is 12.8. The summed E-state index contributed by atoms with van der Waals surface area (Å²) >= 11 is 1.17. The monoisotopic (exact) mass is 601 g/mol. The van der Waals surface area contributed by atoms with Gasteiger partial charge in [-0.05, 0) is 69.2 Å². The topological polar surface area (TPSA) is 156 Å². The number of rotatable bonds is 5. The van der Waals surface area contributed by atoms with Crippen LogP contribution in [0.2, 0.25) is 0 Å². The van der Waals surface area contributed by atoms with Gasteiger partial charge in [0.15, 0.2) is 5.58 Å². The number of hydrogen-bond donors (Lipinski definition) is 3. The summed E-state index contributed by atoms with van der Waals surface area (Å²) in [6.07, 6.45) is -0.00775. The van der Waals surface area contributed by atoms with Crippen molar-refractivity contribution in [3.8, 4) is 0 Å². The molecule has 3 amide bonds. The van der Waals surface area contributed by atoms with E-state index in [1.165, 1.54) is 18.4 Å². The Hall–Kier alpha value is -5.17. The Morgan fingerprint density at radius 1 is 1.05 bits per heavy atom. The van der Waals surface area contributed by atoms with Gasteiger partial charge in [0.05, 0.1) is 17.7 Å². The molecular formula is C30H27N5O7S. The molecule has 3 N–H and O–H groups in total. The van der Waals surface area contributed by atoms with Crippen molar-refractivity contribution >= 4 is 74.3 Å². The van der Waals surface area contributed by atoms with Crippen LogP contribution in [0.3, 0.4) is 0 Å². The van der Waals surface area contributed by atoms with Crippen molar-refractivity contribution in [1.82, 2.24) is 9.97 Å². The van der Waals surface area contributed by atoms with E-state index < -0.39 is 23.6 Å². The molecule has 0 saturated carbocycles. The third-order valence-corrected chi connectivity index (χ3v) is 7.64. The maximum Gasteiger partial charge on any atom is 0.412 e. The molecule has 1 aliphatic rings. The zero-order valence-corrected chi connectivity index (χ0v) is 24.5. The van der Waals surface area contributed by atoms with Gasteiger partial charge in [-0.25, -0.2) is 14.6 Å². The van der Waals surface area contributed by atoms with E-state index >= 15 is 0 Å². The first-order valence-corrected chi connectivity index (χ1v) is 14.2. The third kappa shape index (κ3) is 5.54. The van der Waals surface area contributed by atoms with E-state index in [1.807, 2.05) is 12.1 Å². The van der Waals surface area contributed by atoms with E-state index in [-0.39, 0.29) is 11.8 Å². The van der Waals surface area contributed by atoms with Crippen LogP contribution in [0.15, 0.2) is 52.3 Å². The van der Waals surface area contributed by atoms with Gasteiger partial charge in [-0.3, -0.25) is 14.9 Å². The fraction of sp³-hybridized carbons (Fsp3) is 0.233. The first-order chi connectivity index (χ1) is 20.5. The van der Waals surface area contributed by atoms with Crippen LogP contribution in [0.4, 0.5) is 21.9 Å². The molecule has 1 aliphatic heterocycles. The molecule has 5 aromatic rings. The molecular weight excluding hydrogens is 574 g/mol. The second-order valence-corrected chi connectivity index (χ2v) is 11.8. The highest BCUT2D eigenvalue weighted by Gasteiger charge is 2.31. The van der Waals surface area contributed by atoms with E-state index in [9.17, 15) is 19.2 Å². The summed E-state index contributed by atoms with van der Waals surface area (Å²) in [5.74, 6) is -1.31. The molecule has 4 heterocycles. The van der Waals surface area contributed by atoms with Crippen molar-refractivity contribution in [3.63, 3.8) is 0 Å². The smallest absolute Gasteiger partial charge is 0.412 e. The lowest BCUT2D eigenvalue weighted by atomic mass is 10.1. The van der Waals surface area contributed by atoms with Crippen molar-refractivity contribution in [2.24, 2.45) is 0 Å². The Kier molecular flexibility index (Phi) is 6.89. The summed E-state index contributed by atoms with van der Waals surface area (Å²) in [6, 6.07) is 11.9. The van der Waals surface area contributed by atoms with Crippen LogP contribution < -0.4 is 15.5 Å². The molecule has 0 fully saturated rings. The number of ether oxygens (including phenoxy) is 2. The van der Waals surface area contributed by atoms with Gasteiger partial charge in [-0.2, -0.15) is 0 Å². The van der Waals surface area contributed by atoms with Crippen molar-refractivity contribution in [1.29, 1.82) is 0 Å². The SMILES string of the molecule is COC(=O)c1cc2c3c(ccc2[nH]1)N(C(=O)c1nc2ccc(NC(=O)c4cc(NC(=O)OC(C)(C)C)cs4)cc2o1)CC3. The van der Waals surface area contributed by atoms with Crippen LogP contribution in [0, 0.1) is 0 Å². The highest BCUT2D eigenvalue weighted by atomic mass is 32.1. The Balaban J connectivity index is 1.16. The standard InChI is InChI=1S/C30H27N5O7S/c1-30(2,3)42-29(39)32-16-12-24(43-14-16)25(36)31-15-5-6-20-23(11-15)41-26(34-20)27(37)35-10-9-17-18-13-21(28(38)40-4)33-19(18)7-8-22(17)35/h5-8,11-14,33H,9-10H2,1-4H3,(H,31,36)(H,32,39). The average Bonchev–Trinajstić information content (AvgIpc) is 3.75. The molecule has 0 spiro atoms. The minimum atomic E-state index is -0.643. The highest BCUT2D eigenvalue weighted by molar-refractivity contribution is 7.12. The number of hydrogen-bond acceptors (Lipinski definition) is 9. The highest BCUT2D eigenvalue weighted by Crippen LogP contribution is 2.36. The molecule has 0 atom stereocenters. The van der Waals surface area contributed by atoms with Crippen LogP contribution in [-0.4, -0.2) is 53.1 Å². The number of benzene rings is 2. The van der Waals surface area contributed by atoms with Crippen molar-refractivity contribution < 1.29 is 33.1 Å². The summed E-state index contributed by atoms with van der Waals surface area (Å²) in [6.45, 7) is 5.72. The summed E-state index contributed by atoms with van der Waals surface area (Å²) in [7, 11) is 1.32. The zero-order valence-electron chi connectivity index (χ0n) is 23.7. The number of thiophene rings is 1. The fourth-order valence-corrected chi connectivity index (χ4v) is 5.62. The van der Waals surface area contributed by atoms with Crippen LogP contribution in [-0.2, 0) is 15.9 Å². The number of fused-ring (bicyclic) bond motifs is 4. The largest absolute Gasteiger partial charge is 0.464 e. The van der Waals surface area contributed by atoms with Crippen LogP contribution in [0.25, 0.3) is 22.0 Å². The molecule has 0 unspecified atom stereocenters. The number of nitrogens with one attached hydrogen (secondary N) is 3. The number of amides is 3. The Labute approximate surface area is 249 Å². The Morgan fingerprint density at radius 2 is 1.86 bits per heavy atom. The first-order valence-electron chi connectivity index (χ1n) is 13.3. The number of nitrogens with zero attached hydrogens (tertiary/aromatic N) is 2. The number of aromatic nitrogens is 2. The van der Waals surface area contributed by atoms with Gasteiger partial charge in [0.1, 0.15) is 16.8 Å². The number of anilines is 3. The molecule has 220 valence electrons. The third-order valence-electron chi connectivity index (χ3n) is 6.71. The Bertz CT molecular complexity index is 1930. The Morgan fingerprint density at radius 3 is 2.63 bits per heavy atom. The van der Waals surface area contributed by atoms with E-state index in [2.05, 4.69) is 20.6 Å². The lowest BCUT2D eigenvalue weighted by Gasteiger charge is -2.19. The predicted molar refractivity (Wildman–Crippen MR) is 161 cm³/mol. The van der Waals surface area contributed by atoms with E-state index in [4.69, 9.17) is 13.9 Å². The van der Waals surface area contributed by atoms with Crippen molar-refractivity contribution in [2.75, 3.05) is 29.2 Å². The first kappa shape index (κ1) is 28.0. The molecule has 3 aromatic heterocycles. The second kappa shape index (κ2) is 10.6. The zero-order chi connectivity index (χ0) is 30.5. The minimum absolute atomic E-state index is 0.0770. The molecule has 2 aromatic carbocycles. The molecule has 0 bridgehead atoms. The van der Waals surface area contributed by atoms with Gasteiger partial charge < -0.3 is 29.1 Å². The van der Waals surface area contributed by atoms with E-state index in [0.717, 1.165) is 22.2 Å². The van der Waals surface area contributed by atoms with Gasteiger partial charge in [0, 0.05) is 40.3 Å². The fourth-order valence-electron chi connectivity index (χ4n) is 4.89. The van der Waals surface area contributed by atoms with Gasteiger partial charge >= 0.3 is 18.0 Å². The number of carbonyl (C=O) groups is 4. The number of carbonyl (C=O) groups excluding carboxylic acids is 4. The summed E-state index contributed by atoms with van der Waals surface area (Å²) in [5, 5.41) is 7.91. The van der Waals surface area contributed by atoms with Crippen molar-refractivity contribution in [3.05, 3.63) is 69.9 Å². The molecule has 6 rings (SSSR count). The average molecular weight is 602 g/mol. The molecule has 43 heavy (non-hydrogen) atoms. The van der Waals surface area contributed by atoms with E-state index in [0.29, 0.717) is 46.0 Å². The minimum Gasteiger partial charge on any atom is -0.464 e. The van der Waals surface area contributed by atoms with E-state index in [1.54, 1.807) is 61.4 Å². The van der Waals surface area contributed by atoms with Crippen LogP contribution in [0.5, 0.6) is 0 Å². The summed E-state index contributed by atoms with van der Waals surface area (Å²) in [5.41, 5.74) is 3.84. The molecule has 12 nitrogen and oxygen atoms in total. The predicted octanol–water partition coefficient (Wildman–Crippen LogP) is 5.96. The number of H-pyrrole nitrogens is 1. The van der Waals surface area contributed by atoms with Crippen molar-refractivity contribution in [2.45, 2.75) is 32.8 Å².